The summed E-state index contributed by atoms with van der Waals surface area (Å²) in [7, 11) is 0. The molecule has 1 amide bonds. The average molecular weight is 210 g/mol. The first-order valence-corrected chi connectivity index (χ1v) is 5.86. The fourth-order valence-electron chi connectivity index (χ4n) is 2.23. The van der Waals surface area contributed by atoms with E-state index in [4.69, 9.17) is 5.73 Å². The molecule has 1 aliphatic carbocycles. The van der Waals surface area contributed by atoms with Crippen LogP contribution in [0.1, 0.15) is 32.6 Å². The van der Waals surface area contributed by atoms with E-state index in [2.05, 4.69) is 6.58 Å². The fraction of sp³-hybridized carbons (Fsp3) is 0.750. The number of likely N-dealkylation sites (N-methyl/N-ethyl adjacent to an activating group) is 1. The van der Waals surface area contributed by atoms with E-state index in [0.717, 1.165) is 25.8 Å². The van der Waals surface area contributed by atoms with E-state index in [0.29, 0.717) is 6.54 Å². The van der Waals surface area contributed by atoms with Crippen LogP contribution in [0.5, 0.6) is 0 Å². The van der Waals surface area contributed by atoms with Gasteiger partial charge in [-0.2, -0.15) is 0 Å². The highest BCUT2D eigenvalue weighted by molar-refractivity contribution is 5.79. The summed E-state index contributed by atoms with van der Waals surface area (Å²) in [5.74, 6) is 0.253. The molecule has 3 nitrogen and oxygen atoms in total. The van der Waals surface area contributed by atoms with Gasteiger partial charge in [-0.15, -0.1) is 6.58 Å². The molecule has 2 atom stereocenters. The Kier molecular flexibility index (Phi) is 4.82. The van der Waals surface area contributed by atoms with E-state index >= 15 is 0 Å². The smallest absolute Gasteiger partial charge is 0.227 e. The highest BCUT2D eigenvalue weighted by atomic mass is 16.2. The first-order chi connectivity index (χ1) is 7.20. The Morgan fingerprint density at radius 2 is 2.20 bits per heavy atom. The molecule has 3 heteroatoms. The van der Waals surface area contributed by atoms with Gasteiger partial charge in [-0.05, 0) is 19.8 Å². The Labute approximate surface area is 92.3 Å². The Morgan fingerprint density at radius 3 is 2.73 bits per heavy atom. The van der Waals surface area contributed by atoms with E-state index < -0.39 is 0 Å². The molecule has 15 heavy (non-hydrogen) atoms. The van der Waals surface area contributed by atoms with Crippen molar-refractivity contribution in [3.05, 3.63) is 12.7 Å². The van der Waals surface area contributed by atoms with Crippen molar-refractivity contribution < 1.29 is 4.79 Å². The molecule has 0 heterocycles. The summed E-state index contributed by atoms with van der Waals surface area (Å²) < 4.78 is 0. The van der Waals surface area contributed by atoms with Gasteiger partial charge in [0.2, 0.25) is 5.91 Å². The molecular formula is C12H22N2O. The van der Waals surface area contributed by atoms with Crippen molar-refractivity contribution in [1.29, 1.82) is 0 Å². The maximum absolute atomic E-state index is 12.1. The molecule has 0 spiro atoms. The van der Waals surface area contributed by atoms with Crippen molar-refractivity contribution in [1.82, 2.24) is 4.90 Å². The lowest BCUT2D eigenvalue weighted by Crippen LogP contribution is -2.45. The van der Waals surface area contributed by atoms with Crippen LogP contribution in [0.25, 0.3) is 0 Å². The van der Waals surface area contributed by atoms with E-state index in [1.54, 1.807) is 6.08 Å². The number of carbonyl (C=O) groups excluding carboxylic acids is 1. The number of hydrogen-bond acceptors (Lipinski definition) is 2. The monoisotopic (exact) mass is 210 g/mol. The zero-order valence-electron chi connectivity index (χ0n) is 9.61. The third-order valence-corrected chi connectivity index (χ3v) is 3.18. The summed E-state index contributed by atoms with van der Waals surface area (Å²) in [6, 6.07) is 0.0603. The molecule has 0 saturated heterocycles. The summed E-state index contributed by atoms with van der Waals surface area (Å²) in [4.78, 5) is 14.0. The Balaban J connectivity index is 2.59. The first-order valence-electron chi connectivity index (χ1n) is 5.86. The quantitative estimate of drug-likeness (QED) is 0.715. The topological polar surface area (TPSA) is 46.3 Å². The molecule has 1 rings (SSSR count). The Hall–Kier alpha value is -0.830. The molecule has 0 bridgehead atoms. The zero-order chi connectivity index (χ0) is 11.3. The molecule has 0 aliphatic heterocycles. The third-order valence-electron chi connectivity index (χ3n) is 3.18. The van der Waals surface area contributed by atoms with Gasteiger partial charge in [-0.1, -0.05) is 18.9 Å². The molecule has 1 fully saturated rings. The second kappa shape index (κ2) is 5.91. The number of nitrogens with two attached hydrogens (primary N) is 1. The highest BCUT2D eigenvalue weighted by Gasteiger charge is 2.30. The second-order valence-corrected chi connectivity index (χ2v) is 4.22. The second-order valence-electron chi connectivity index (χ2n) is 4.22. The van der Waals surface area contributed by atoms with Gasteiger partial charge in [0.05, 0.1) is 5.92 Å². The molecule has 2 N–H and O–H groups in total. The predicted octanol–water partition coefficient (Wildman–Crippen LogP) is 1.54. The maximum Gasteiger partial charge on any atom is 0.227 e. The van der Waals surface area contributed by atoms with Crippen molar-refractivity contribution in [2.75, 3.05) is 13.1 Å². The van der Waals surface area contributed by atoms with Gasteiger partial charge in [0, 0.05) is 19.1 Å². The van der Waals surface area contributed by atoms with E-state index in [-0.39, 0.29) is 17.9 Å². The lowest BCUT2D eigenvalue weighted by Gasteiger charge is -2.31. The first kappa shape index (κ1) is 12.2. The highest BCUT2D eigenvalue weighted by Crippen LogP contribution is 2.24. The maximum atomic E-state index is 12.1. The minimum atomic E-state index is 0.0404. The zero-order valence-corrected chi connectivity index (χ0v) is 9.61. The van der Waals surface area contributed by atoms with E-state index in [1.165, 1.54) is 6.42 Å². The van der Waals surface area contributed by atoms with Crippen LogP contribution in [-0.2, 0) is 4.79 Å². The molecular weight excluding hydrogens is 188 g/mol. The van der Waals surface area contributed by atoms with E-state index in [1.807, 2.05) is 11.8 Å². The van der Waals surface area contributed by atoms with Gasteiger partial charge < -0.3 is 10.6 Å². The van der Waals surface area contributed by atoms with Gasteiger partial charge >= 0.3 is 0 Å². The van der Waals surface area contributed by atoms with Crippen molar-refractivity contribution in [2.45, 2.75) is 38.6 Å². The third kappa shape index (κ3) is 3.06. The van der Waals surface area contributed by atoms with Gasteiger partial charge in [-0.3, -0.25) is 4.79 Å². The molecule has 0 aromatic rings. The van der Waals surface area contributed by atoms with Crippen LogP contribution in [-0.4, -0.2) is 29.9 Å². The average Bonchev–Trinajstić information content (AvgIpc) is 2.25. The van der Waals surface area contributed by atoms with Crippen molar-refractivity contribution in [2.24, 2.45) is 11.7 Å². The van der Waals surface area contributed by atoms with Gasteiger partial charge in [0.15, 0.2) is 0 Å². The molecule has 0 radical (unpaired) electrons. The van der Waals surface area contributed by atoms with Crippen LogP contribution in [0.4, 0.5) is 0 Å². The van der Waals surface area contributed by atoms with Crippen LogP contribution in [0.3, 0.4) is 0 Å². The number of nitrogens with zero attached hydrogens (tertiary/aromatic N) is 1. The fourth-order valence-corrected chi connectivity index (χ4v) is 2.23. The van der Waals surface area contributed by atoms with Crippen molar-refractivity contribution in [3.63, 3.8) is 0 Å². The molecule has 0 aromatic heterocycles. The van der Waals surface area contributed by atoms with Crippen LogP contribution >= 0.6 is 0 Å². The molecule has 86 valence electrons. The Bertz CT molecular complexity index is 228. The van der Waals surface area contributed by atoms with Crippen LogP contribution in [0, 0.1) is 5.92 Å². The summed E-state index contributed by atoms with van der Waals surface area (Å²) in [5.41, 5.74) is 6.00. The lowest BCUT2D eigenvalue weighted by molar-refractivity contribution is -0.136. The van der Waals surface area contributed by atoms with Crippen molar-refractivity contribution >= 4 is 5.91 Å². The molecule has 1 saturated carbocycles. The summed E-state index contributed by atoms with van der Waals surface area (Å²) >= 11 is 0. The number of hydrogen-bond donors (Lipinski definition) is 1. The standard InChI is InChI=1S/C12H22N2O/c1-3-9-14(4-2)12(15)10-7-5-6-8-11(10)13/h3,10-11H,1,4-9,13H2,2H3. The summed E-state index contributed by atoms with van der Waals surface area (Å²) in [5, 5.41) is 0. The minimum absolute atomic E-state index is 0.0404. The number of carbonyl (C=O) groups is 1. The van der Waals surface area contributed by atoms with Gasteiger partial charge in [0.25, 0.3) is 0 Å². The summed E-state index contributed by atoms with van der Waals surface area (Å²) in [6.07, 6.45) is 6.01. The predicted molar refractivity (Wildman–Crippen MR) is 62.4 cm³/mol. The Morgan fingerprint density at radius 1 is 1.53 bits per heavy atom. The van der Waals surface area contributed by atoms with Crippen LogP contribution < -0.4 is 5.73 Å². The van der Waals surface area contributed by atoms with Crippen LogP contribution in [0.15, 0.2) is 12.7 Å². The van der Waals surface area contributed by atoms with Gasteiger partial charge in [-0.25, -0.2) is 0 Å². The SMILES string of the molecule is C=CCN(CC)C(=O)C1CCCCC1N. The van der Waals surface area contributed by atoms with Crippen molar-refractivity contribution in [3.8, 4) is 0 Å². The largest absolute Gasteiger partial charge is 0.339 e. The summed E-state index contributed by atoms with van der Waals surface area (Å²) in [6.45, 7) is 7.05. The normalized spacial score (nSPS) is 26.0. The van der Waals surface area contributed by atoms with Crippen LogP contribution in [0.2, 0.25) is 0 Å². The number of amides is 1. The molecule has 2 unspecified atom stereocenters. The molecule has 0 aromatic carbocycles. The molecule has 1 aliphatic rings. The lowest BCUT2D eigenvalue weighted by atomic mass is 9.84. The number of rotatable bonds is 4. The minimum Gasteiger partial charge on any atom is -0.339 e. The van der Waals surface area contributed by atoms with E-state index in [9.17, 15) is 4.79 Å². The van der Waals surface area contributed by atoms with Gasteiger partial charge in [0.1, 0.15) is 0 Å².